The number of benzene rings is 1. The van der Waals surface area contributed by atoms with E-state index in [0.29, 0.717) is 6.54 Å². The summed E-state index contributed by atoms with van der Waals surface area (Å²) < 4.78 is 5.42. The highest BCUT2D eigenvalue weighted by Gasteiger charge is 2.16. The molecule has 2 heterocycles. The number of hydrogen-bond acceptors (Lipinski definition) is 5. The number of rotatable bonds is 8. The molecule has 2 N–H and O–H groups in total. The zero-order valence-electron chi connectivity index (χ0n) is 19.3. The summed E-state index contributed by atoms with van der Waals surface area (Å²) >= 11 is 0. The highest BCUT2D eigenvalue weighted by atomic mass is 16.5. The van der Waals surface area contributed by atoms with Gasteiger partial charge in [-0.3, -0.25) is 4.99 Å². The van der Waals surface area contributed by atoms with Gasteiger partial charge in [-0.15, -0.1) is 0 Å². The van der Waals surface area contributed by atoms with Gasteiger partial charge in [-0.2, -0.15) is 0 Å². The molecule has 0 atom stereocenters. The number of guanidine groups is 1. The molecule has 168 valence electrons. The van der Waals surface area contributed by atoms with Crippen LogP contribution in [0.3, 0.4) is 0 Å². The molecule has 7 heteroatoms. The van der Waals surface area contributed by atoms with Gasteiger partial charge < -0.3 is 25.2 Å². The second-order valence-electron chi connectivity index (χ2n) is 7.85. The number of aromatic nitrogens is 1. The maximum absolute atomic E-state index is 5.42. The molecular weight excluding hydrogens is 388 g/mol. The predicted octanol–water partition coefficient (Wildman–Crippen LogP) is 2.45. The van der Waals surface area contributed by atoms with E-state index in [1.54, 1.807) is 14.2 Å². The van der Waals surface area contributed by atoms with Gasteiger partial charge in [-0.1, -0.05) is 19.1 Å². The van der Waals surface area contributed by atoms with Gasteiger partial charge in [-0.25, -0.2) is 4.98 Å². The minimum atomic E-state index is 0.711. The highest BCUT2D eigenvalue weighted by Crippen LogP contribution is 2.19. The molecule has 0 saturated carbocycles. The number of anilines is 1. The average molecular weight is 425 g/mol. The van der Waals surface area contributed by atoms with E-state index >= 15 is 0 Å². The fourth-order valence-corrected chi connectivity index (χ4v) is 3.79. The Morgan fingerprint density at radius 2 is 1.90 bits per heavy atom. The standard InChI is InChI=1S/C24H36N6O/c1-5-29-12-14-30(15-13-29)23-17-21(9-10-26-23)18-28-24(25-3)27-11-8-20-7-6-19(2)22(16-20)31-4/h6-7,9-10,16-17H,5,8,11-15,18H2,1-4H3,(H2,25,27,28). The summed E-state index contributed by atoms with van der Waals surface area (Å²) in [6.45, 7) is 11.2. The van der Waals surface area contributed by atoms with Crippen molar-refractivity contribution in [2.45, 2.75) is 26.8 Å². The summed E-state index contributed by atoms with van der Waals surface area (Å²) in [7, 11) is 3.52. The first-order valence-corrected chi connectivity index (χ1v) is 11.1. The number of piperazine rings is 1. The van der Waals surface area contributed by atoms with Gasteiger partial charge in [0.05, 0.1) is 7.11 Å². The fraction of sp³-hybridized carbons (Fsp3) is 0.500. The number of likely N-dealkylation sites (N-methyl/N-ethyl adjacent to an activating group) is 1. The third-order valence-electron chi connectivity index (χ3n) is 5.82. The maximum atomic E-state index is 5.42. The monoisotopic (exact) mass is 424 g/mol. The lowest BCUT2D eigenvalue weighted by Crippen LogP contribution is -2.46. The summed E-state index contributed by atoms with van der Waals surface area (Å²) in [5.41, 5.74) is 3.60. The quantitative estimate of drug-likeness (QED) is 0.501. The Kier molecular flexibility index (Phi) is 8.53. The van der Waals surface area contributed by atoms with Gasteiger partial charge in [0.1, 0.15) is 11.6 Å². The summed E-state index contributed by atoms with van der Waals surface area (Å²) in [5, 5.41) is 6.81. The lowest BCUT2D eigenvalue weighted by Gasteiger charge is -2.34. The lowest BCUT2D eigenvalue weighted by molar-refractivity contribution is 0.270. The molecule has 0 spiro atoms. The van der Waals surface area contributed by atoms with E-state index in [4.69, 9.17) is 4.74 Å². The molecule has 1 saturated heterocycles. The van der Waals surface area contributed by atoms with E-state index in [-0.39, 0.29) is 0 Å². The molecule has 3 rings (SSSR count). The second kappa shape index (κ2) is 11.6. The van der Waals surface area contributed by atoms with E-state index in [1.807, 2.05) is 6.20 Å². The SMILES string of the molecule is CCN1CCN(c2cc(CNC(=NC)NCCc3ccc(C)c(OC)c3)ccn2)CC1. The van der Waals surface area contributed by atoms with Crippen molar-refractivity contribution in [3.05, 3.63) is 53.2 Å². The molecule has 0 unspecified atom stereocenters. The first-order valence-electron chi connectivity index (χ1n) is 11.1. The van der Waals surface area contributed by atoms with Crippen molar-refractivity contribution in [1.82, 2.24) is 20.5 Å². The molecule has 31 heavy (non-hydrogen) atoms. The molecule has 0 amide bonds. The minimum absolute atomic E-state index is 0.711. The van der Waals surface area contributed by atoms with Crippen molar-refractivity contribution >= 4 is 11.8 Å². The van der Waals surface area contributed by atoms with Crippen molar-refractivity contribution in [3.8, 4) is 5.75 Å². The number of ether oxygens (including phenoxy) is 1. The molecule has 0 aliphatic carbocycles. The van der Waals surface area contributed by atoms with E-state index < -0.39 is 0 Å². The molecule has 1 aliphatic heterocycles. The van der Waals surface area contributed by atoms with Gasteiger partial charge in [-0.05, 0) is 54.8 Å². The van der Waals surface area contributed by atoms with Crippen molar-refractivity contribution in [3.63, 3.8) is 0 Å². The Morgan fingerprint density at radius 1 is 1.10 bits per heavy atom. The Bertz CT molecular complexity index is 861. The number of aliphatic imine (C=N–C) groups is 1. The Labute approximate surface area is 186 Å². The Hall–Kier alpha value is -2.80. The Morgan fingerprint density at radius 3 is 2.61 bits per heavy atom. The van der Waals surface area contributed by atoms with Gasteiger partial charge in [0.25, 0.3) is 0 Å². The summed E-state index contributed by atoms with van der Waals surface area (Å²) in [6, 6.07) is 10.6. The van der Waals surface area contributed by atoms with Gasteiger partial charge in [0, 0.05) is 52.5 Å². The summed E-state index contributed by atoms with van der Waals surface area (Å²) in [4.78, 5) is 13.8. The van der Waals surface area contributed by atoms with Gasteiger partial charge >= 0.3 is 0 Å². The molecular formula is C24H36N6O. The Balaban J connectivity index is 1.47. The van der Waals surface area contributed by atoms with Crippen LogP contribution in [-0.4, -0.2) is 69.3 Å². The van der Waals surface area contributed by atoms with Crippen LogP contribution in [0.2, 0.25) is 0 Å². The van der Waals surface area contributed by atoms with Crippen molar-refractivity contribution in [2.24, 2.45) is 4.99 Å². The van der Waals surface area contributed by atoms with E-state index in [0.717, 1.165) is 68.8 Å². The van der Waals surface area contributed by atoms with Crippen LogP contribution in [0.5, 0.6) is 5.75 Å². The molecule has 7 nitrogen and oxygen atoms in total. The third-order valence-corrected chi connectivity index (χ3v) is 5.82. The lowest BCUT2D eigenvalue weighted by atomic mass is 10.1. The molecule has 1 aromatic heterocycles. The van der Waals surface area contributed by atoms with Crippen LogP contribution in [-0.2, 0) is 13.0 Å². The molecule has 1 aromatic carbocycles. The van der Waals surface area contributed by atoms with Crippen molar-refractivity contribution in [1.29, 1.82) is 0 Å². The van der Waals surface area contributed by atoms with Crippen LogP contribution in [0.25, 0.3) is 0 Å². The molecule has 1 aliphatic rings. The van der Waals surface area contributed by atoms with Gasteiger partial charge in [0.2, 0.25) is 0 Å². The summed E-state index contributed by atoms with van der Waals surface area (Å²) in [6.07, 6.45) is 2.81. The highest BCUT2D eigenvalue weighted by molar-refractivity contribution is 5.79. The van der Waals surface area contributed by atoms with Crippen LogP contribution in [0.15, 0.2) is 41.5 Å². The number of nitrogens with zero attached hydrogens (tertiary/aromatic N) is 4. The van der Waals surface area contributed by atoms with Crippen LogP contribution in [0.1, 0.15) is 23.6 Å². The number of hydrogen-bond donors (Lipinski definition) is 2. The van der Waals surface area contributed by atoms with Crippen LogP contribution < -0.4 is 20.3 Å². The number of methoxy groups -OCH3 is 1. The number of nitrogens with one attached hydrogen (secondary N) is 2. The minimum Gasteiger partial charge on any atom is -0.496 e. The van der Waals surface area contributed by atoms with E-state index in [2.05, 4.69) is 74.6 Å². The zero-order valence-corrected chi connectivity index (χ0v) is 19.3. The van der Waals surface area contributed by atoms with E-state index in [9.17, 15) is 0 Å². The normalized spacial score (nSPS) is 15.1. The zero-order chi connectivity index (χ0) is 22.1. The maximum Gasteiger partial charge on any atom is 0.191 e. The number of aryl methyl sites for hydroxylation is 1. The summed E-state index contributed by atoms with van der Waals surface area (Å²) in [5.74, 6) is 2.80. The molecule has 0 bridgehead atoms. The molecule has 1 fully saturated rings. The van der Waals surface area contributed by atoms with E-state index in [1.165, 1.54) is 11.1 Å². The van der Waals surface area contributed by atoms with Gasteiger partial charge in [0.15, 0.2) is 5.96 Å². The molecule has 2 aromatic rings. The number of pyridine rings is 1. The second-order valence-corrected chi connectivity index (χ2v) is 7.85. The largest absolute Gasteiger partial charge is 0.496 e. The fourth-order valence-electron chi connectivity index (χ4n) is 3.79. The van der Waals surface area contributed by atoms with Crippen LogP contribution in [0.4, 0.5) is 5.82 Å². The topological polar surface area (TPSA) is 65.0 Å². The van der Waals surface area contributed by atoms with Crippen molar-refractivity contribution < 1.29 is 4.74 Å². The third kappa shape index (κ3) is 6.59. The molecule has 0 radical (unpaired) electrons. The van der Waals surface area contributed by atoms with Crippen LogP contribution in [0, 0.1) is 6.92 Å². The van der Waals surface area contributed by atoms with Crippen molar-refractivity contribution in [2.75, 3.05) is 58.3 Å². The average Bonchev–Trinajstić information content (AvgIpc) is 2.82. The first-order chi connectivity index (χ1) is 15.1. The first kappa shape index (κ1) is 22.9. The predicted molar refractivity (Wildman–Crippen MR) is 128 cm³/mol. The smallest absolute Gasteiger partial charge is 0.191 e. The van der Waals surface area contributed by atoms with Crippen LogP contribution >= 0.6 is 0 Å².